The molecule has 1 N–H and O–H groups in total. The SMILES string of the molecule is C[C@H](O)c1ccc(-n2cc(S(C)(=O)=O)cn2)nc1. The highest BCUT2D eigenvalue weighted by molar-refractivity contribution is 7.90. The van der Waals surface area contributed by atoms with Gasteiger partial charge in [0.05, 0.1) is 18.5 Å². The minimum atomic E-state index is -3.26. The lowest BCUT2D eigenvalue weighted by Crippen LogP contribution is -2.00. The van der Waals surface area contributed by atoms with Crippen molar-refractivity contribution in [3.8, 4) is 5.82 Å². The van der Waals surface area contributed by atoms with Crippen molar-refractivity contribution in [1.82, 2.24) is 14.8 Å². The van der Waals surface area contributed by atoms with Crippen molar-refractivity contribution < 1.29 is 13.5 Å². The lowest BCUT2D eigenvalue weighted by Gasteiger charge is -2.05. The molecule has 2 aromatic heterocycles. The highest BCUT2D eigenvalue weighted by atomic mass is 32.2. The molecule has 1 atom stereocenters. The topological polar surface area (TPSA) is 85.1 Å². The summed E-state index contributed by atoms with van der Waals surface area (Å²) in [5.41, 5.74) is 0.689. The Morgan fingerprint density at radius 3 is 2.50 bits per heavy atom. The fraction of sp³-hybridized carbons (Fsp3) is 0.273. The number of hydrogen-bond acceptors (Lipinski definition) is 5. The molecule has 0 saturated heterocycles. The predicted octanol–water partition coefficient (Wildman–Crippen LogP) is 0.724. The molecule has 0 saturated carbocycles. The molecule has 0 aliphatic heterocycles. The molecule has 0 aliphatic carbocycles. The number of aliphatic hydroxyl groups excluding tert-OH is 1. The number of aromatic nitrogens is 3. The third kappa shape index (κ3) is 2.57. The largest absolute Gasteiger partial charge is 0.389 e. The van der Waals surface area contributed by atoms with Crippen molar-refractivity contribution in [3.05, 3.63) is 36.3 Å². The van der Waals surface area contributed by atoms with Crippen molar-refractivity contribution >= 4 is 9.84 Å². The van der Waals surface area contributed by atoms with Gasteiger partial charge in [-0.3, -0.25) is 0 Å². The van der Waals surface area contributed by atoms with E-state index in [0.29, 0.717) is 11.4 Å². The Balaban J connectivity index is 2.35. The monoisotopic (exact) mass is 267 g/mol. The Morgan fingerprint density at radius 1 is 1.33 bits per heavy atom. The number of aliphatic hydroxyl groups is 1. The van der Waals surface area contributed by atoms with Gasteiger partial charge in [0.1, 0.15) is 4.90 Å². The first-order valence-corrected chi connectivity index (χ1v) is 7.16. The van der Waals surface area contributed by atoms with Crippen LogP contribution < -0.4 is 0 Å². The maximum absolute atomic E-state index is 11.3. The van der Waals surface area contributed by atoms with E-state index in [-0.39, 0.29) is 4.90 Å². The Bertz CT molecular complexity index is 644. The number of rotatable bonds is 3. The predicted molar refractivity (Wildman–Crippen MR) is 65.1 cm³/mol. The zero-order valence-corrected chi connectivity index (χ0v) is 10.8. The van der Waals surface area contributed by atoms with Gasteiger partial charge in [-0.05, 0) is 18.6 Å². The number of sulfone groups is 1. The molecular weight excluding hydrogens is 254 g/mol. The fourth-order valence-corrected chi connectivity index (χ4v) is 1.93. The van der Waals surface area contributed by atoms with Gasteiger partial charge in [-0.15, -0.1) is 0 Å². The molecule has 0 radical (unpaired) electrons. The first-order chi connectivity index (χ1) is 8.38. The van der Waals surface area contributed by atoms with Crippen molar-refractivity contribution in [2.24, 2.45) is 0 Å². The standard InChI is InChI=1S/C11H13N3O3S/c1-8(15)9-3-4-11(12-5-9)14-7-10(6-13-14)18(2,16)17/h3-8,15H,1-2H3/t8-/m0/s1. The molecular formula is C11H13N3O3S. The Kier molecular flexibility index (Phi) is 3.18. The van der Waals surface area contributed by atoms with Gasteiger partial charge in [0.2, 0.25) is 0 Å². The second-order valence-corrected chi connectivity index (χ2v) is 6.03. The van der Waals surface area contributed by atoms with Crippen LogP contribution in [0.2, 0.25) is 0 Å². The Hall–Kier alpha value is -1.73. The molecule has 7 heteroatoms. The summed E-state index contributed by atoms with van der Waals surface area (Å²) in [6, 6.07) is 3.38. The molecule has 0 aromatic carbocycles. The highest BCUT2D eigenvalue weighted by Crippen LogP contribution is 2.14. The second-order valence-electron chi connectivity index (χ2n) is 4.02. The summed E-state index contributed by atoms with van der Waals surface area (Å²) in [6.45, 7) is 1.65. The van der Waals surface area contributed by atoms with E-state index in [1.807, 2.05) is 0 Å². The third-order valence-electron chi connectivity index (χ3n) is 2.47. The molecule has 0 aliphatic rings. The van der Waals surface area contributed by atoms with Crippen LogP contribution in [0.4, 0.5) is 0 Å². The van der Waals surface area contributed by atoms with E-state index < -0.39 is 15.9 Å². The second kappa shape index (κ2) is 4.51. The van der Waals surface area contributed by atoms with Crippen molar-refractivity contribution in [2.75, 3.05) is 6.26 Å². The minimum Gasteiger partial charge on any atom is -0.389 e. The van der Waals surface area contributed by atoms with Crippen LogP contribution in [0, 0.1) is 0 Å². The minimum absolute atomic E-state index is 0.143. The zero-order valence-electron chi connectivity index (χ0n) is 9.98. The summed E-state index contributed by atoms with van der Waals surface area (Å²) < 4.78 is 24.0. The van der Waals surface area contributed by atoms with E-state index in [1.165, 1.54) is 23.3 Å². The molecule has 0 spiro atoms. The van der Waals surface area contributed by atoms with Crippen LogP contribution in [-0.4, -0.2) is 34.5 Å². The van der Waals surface area contributed by atoms with Crippen LogP contribution >= 0.6 is 0 Å². The first kappa shape index (κ1) is 12.7. The van der Waals surface area contributed by atoms with Gasteiger partial charge in [-0.2, -0.15) is 5.10 Å². The summed E-state index contributed by atoms with van der Waals surface area (Å²) in [4.78, 5) is 4.25. The summed E-state index contributed by atoms with van der Waals surface area (Å²) in [7, 11) is -3.26. The summed E-state index contributed by atoms with van der Waals surface area (Å²) in [5, 5.41) is 13.3. The average molecular weight is 267 g/mol. The van der Waals surface area contributed by atoms with E-state index in [0.717, 1.165) is 6.26 Å². The van der Waals surface area contributed by atoms with Crippen molar-refractivity contribution in [3.63, 3.8) is 0 Å². The maximum Gasteiger partial charge on any atom is 0.178 e. The van der Waals surface area contributed by atoms with Crippen LogP contribution in [0.25, 0.3) is 5.82 Å². The molecule has 0 bridgehead atoms. The van der Waals surface area contributed by atoms with E-state index in [4.69, 9.17) is 0 Å². The number of hydrogen-bond donors (Lipinski definition) is 1. The van der Waals surface area contributed by atoms with Gasteiger partial charge in [0, 0.05) is 12.5 Å². The fourth-order valence-electron chi connectivity index (χ4n) is 1.40. The molecule has 2 rings (SSSR count). The molecule has 6 nitrogen and oxygen atoms in total. The summed E-state index contributed by atoms with van der Waals surface area (Å²) in [5.74, 6) is 0.495. The Labute approximate surface area is 105 Å². The van der Waals surface area contributed by atoms with Gasteiger partial charge in [-0.1, -0.05) is 6.07 Å². The third-order valence-corrected chi connectivity index (χ3v) is 3.54. The number of pyridine rings is 1. The lowest BCUT2D eigenvalue weighted by atomic mass is 10.2. The first-order valence-electron chi connectivity index (χ1n) is 5.27. The van der Waals surface area contributed by atoms with E-state index in [9.17, 15) is 13.5 Å². The molecule has 18 heavy (non-hydrogen) atoms. The van der Waals surface area contributed by atoms with Crippen LogP contribution in [0.5, 0.6) is 0 Å². The highest BCUT2D eigenvalue weighted by Gasteiger charge is 2.11. The Morgan fingerprint density at radius 2 is 2.06 bits per heavy atom. The van der Waals surface area contributed by atoms with Gasteiger partial charge < -0.3 is 5.11 Å². The van der Waals surface area contributed by atoms with Gasteiger partial charge >= 0.3 is 0 Å². The van der Waals surface area contributed by atoms with Crippen molar-refractivity contribution in [2.45, 2.75) is 17.9 Å². The smallest absolute Gasteiger partial charge is 0.178 e. The molecule has 0 amide bonds. The molecule has 0 fully saturated rings. The lowest BCUT2D eigenvalue weighted by molar-refractivity contribution is 0.199. The van der Waals surface area contributed by atoms with Crippen LogP contribution in [0.15, 0.2) is 35.6 Å². The van der Waals surface area contributed by atoms with E-state index in [1.54, 1.807) is 19.1 Å². The maximum atomic E-state index is 11.3. The molecule has 2 heterocycles. The zero-order chi connectivity index (χ0) is 13.3. The van der Waals surface area contributed by atoms with Crippen molar-refractivity contribution in [1.29, 1.82) is 0 Å². The quantitative estimate of drug-likeness (QED) is 0.885. The van der Waals surface area contributed by atoms with Crippen LogP contribution in [0.1, 0.15) is 18.6 Å². The van der Waals surface area contributed by atoms with Gasteiger partial charge in [0.25, 0.3) is 0 Å². The number of nitrogens with zero attached hydrogens (tertiary/aromatic N) is 3. The molecule has 0 unspecified atom stereocenters. The summed E-state index contributed by atoms with van der Waals surface area (Å²) >= 11 is 0. The summed E-state index contributed by atoms with van der Waals surface area (Å²) in [6.07, 6.45) is 4.75. The molecule has 96 valence electrons. The van der Waals surface area contributed by atoms with Gasteiger partial charge in [-0.25, -0.2) is 18.1 Å². The van der Waals surface area contributed by atoms with Gasteiger partial charge in [0.15, 0.2) is 15.7 Å². The normalized spacial score (nSPS) is 13.5. The van der Waals surface area contributed by atoms with Crippen LogP contribution in [0.3, 0.4) is 0 Å². The van der Waals surface area contributed by atoms with E-state index >= 15 is 0 Å². The average Bonchev–Trinajstić information content (AvgIpc) is 2.78. The molecule has 2 aromatic rings. The van der Waals surface area contributed by atoms with E-state index in [2.05, 4.69) is 10.1 Å². The van der Waals surface area contributed by atoms with Crippen LogP contribution in [-0.2, 0) is 9.84 Å².